The van der Waals surface area contributed by atoms with Crippen LogP contribution in [0.15, 0.2) is 24.3 Å². The molecule has 0 spiro atoms. The summed E-state index contributed by atoms with van der Waals surface area (Å²) in [5.74, 6) is 0. The van der Waals surface area contributed by atoms with E-state index in [0.29, 0.717) is 0 Å². The summed E-state index contributed by atoms with van der Waals surface area (Å²) in [6, 6.07) is 8.72. The highest BCUT2D eigenvalue weighted by atomic mass is 15.1. The van der Waals surface area contributed by atoms with Gasteiger partial charge in [0.15, 0.2) is 0 Å². The molecule has 0 heterocycles. The SMILES string of the molecule is CC(N)Cc1cccc(N(C)C)c1. The van der Waals surface area contributed by atoms with Crippen molar-refractivity contribution >= 4 is 5.69 Å². The lowest BCUT2D eigenvalue weighted by atomic mass is 10.1. The molecule has 72 valence electrons. The first-order valence-corrected chi connectivity index (χ1v) is 4.61. The van der Waals surface area contributed by atoms with E-state index in [9.17, 15) is 0 Å². The summed E-state index contributed by atoms with van der Waals surface area (Å²) in [7, 11) is 4.09. The largest absolute Gasteiger partial charge is 0.378 e. The summed E-state index contributed by atoms with van der Waals surface area (Å²) in [6.07, 6.45) is 0.946. The van der Waals surface area contributed by atoms with Crippen molar-refractivity contribution in [2.24, 2.45) is 5.73 Å². The maximum absolute atomic E-state index is 5.74. The molecule has 0 radical (unpaired) electrons. The average molecular weight is 178 g/mol. The van der Waals surface area contributed by atoms with Crippen molar-refractivity contribution in [1.82, 2.24) is 0 Å². The Labute approximate surface area is 80.4 Å². The topological polar surface area (TPSA) is 29.3 Å². The molecule has 0 saturated heterocycles. The fraction of sp³-hybridized carbons (Fsp3) is 0.455. The second kappa shape index (κ2) is 4.28. The lowest BCUT2D eigenvalue weighted by Gasteiger charge is -2.14. The molecule has 1 aromatic carbocycles. The van der Waals surface area contributed by atoms with Gasteiger partial charge in [0.05, 0.1) is 0 Å². The average Bonchev–Trinajstić information content (AvgIpc) is 2.03. The molecule has 0 bridgehead atoms. The summed E-state index contributed by atoms with van der Waals surface area (Å²) in [4.78, 5) is 2.10. The number of nitrogens with zero attached hydrogens (tertiary/aromatic N) is 1. The molecular weight excluding hydrogens is 160 g/mol. The number of rotatable bonds is 3. The summed E-state index contributed by atoms with van der Waals surface area (Å²) in [5.41, 5.74) is 8.28. The van der Waals surface area contributed by atoms with Crippen molar-refractivity contribution in [3.63, 3.8) is 0 Å². The van der Waals surface area contributed by atoms with Crippen LogP contribution in [-0.2, 0) is 6.42 Å². The van der Waals surface area contributed by atoms with Crippen LogP contribution in [-0.4, -0.2) is 20.1 Å². The zero-order chi connectivity index (χ0) is 9.84. The Balaban J connectivity index is 2.79. The number of nitrogens with two attached hydrogens (primary N) is 1. The van der Waals surface area contributed by atoms with Gasteiger partial charge in [0.25, 0.3) is 0 Å². The maximum atomic E-state index is 5.74. The van der Waals surface area contributed by atoms with Gasteiger partial charge in [0.2, 0.25) is 0 Å². The Morgan fingerprint density at radius 3 is 2.62 bits per heavy atom. The summed E-state index contributed by atoms with van der Waals surface area (Å²) in [6.45, 7) is 2.03. The van der Waals surface area contributed by atoms with Crippen LogP contribution in [0.2, 0.25) is 0 Å². The van der Waals surface area contributed by atoms with Gasteiger partial charge in [0.1, 0.15) is 0 Å². The van der Waals surface area contributed by atoms with E-state index in [0.717, 1.165) is 6.42 Å². The van der Waals surface area contributed by atoms with Crippen LogP contribution in [0.5, 0.6) is 0 Å². The molecule has 1 aromatic rings. The highest BCUT2D eigenvalue weighted by molar-refractivity contribution is 5.47. The molecule has 0 aliphatic rings. The summed E-state index contributed by atoms with van der Waals surface area (Å²) < 4.78 is 0. The predicted octanol–water partition coefficient (Wildman–Crippen LogP) is 1.64. The normalized spacial score (nSPS) is 12.6. The first-order chi connectivity index (χ1) is 6.09. The zero-order valence-electron chi connectivity index (χ0n) is 8.62. The van der Waals surface area contributed by atoms with Crippen molar-refractivity contribution in [3.8, 4) is 0 Å². The van der Waals surface area contributed by atoms with Crippen LogP contribution in [0.4, 0.5) is 5.69 Å². The van der Waals surface area contributed by atoms with E-state index in [1.165, 1.54) is 11.3 Å². The molecule has 0 aromatic heterocycles. The first kappa shape index (κ1) is 10.1. The molecule has 2 heteroatoms. The van der Waals surface area contributed by atoms with Gasteiger partial charge in [-0.2, -0.15) is 0 Å². The third-order valence-electron chi connectivity index (χ3n) is 1.98. The third-order valence-corrected chi connectivity index (χ3v) is 1.98. The molecule has 1 rings (SSSR count). The first-order valence-electron chi connectivity index (χ1n) is 4.61. The smallest absolute Gasteiger partial charge is 0.0363 e. The van der Waals surface area contributed by atoms with Gasteiger partial charge in [0, 0.05) is 25.8 Å². The van der Waals surface area contributed by atoms with E-state index >= 15 is 0 Å². The minimum Gasteiger partial charge on any atom is -0.378 e. The molecule has 13 heavy (non-hydrogen) atoms. The lowest BCUT2D eigenvalue weighted by Crippen LogP contribution is -2.18. The molecule has 2 N–H and O–H groups in total. The van der Waals surface area contributed by atoms with Crippen molar-refractivity contribution in [2.45, 2.75) is 19.4 Å². The van der Waals surface area contributed by atoms with Crippen molar-refractivity contribution in [2.75, 3.05) is 19.0 Å². The van der Waals surface area contributed by atoms with E-state index in [4.69, 9.17) is 5.73 Å². The molecular formula is C11H18N2. The number of benzene rings is 1. The van der Waals surface area contributed by atoms with E-state index in [1.807, 2.05) is 21.0 Å². The van der Waals surface area contributed by atoms with Gasteiger partial charge >= 0.3 is 0 Å². The van der Waals surface area contributed by atoms with Crippen LogP contribution >= 0.6 is 0 Å². The van der Waals surface area contributed by atoms with E-state index in [2.05, 4.69) is 29.2 Å². The molecule has 0 aliphatic carbocycles. The monoisotopic (exact) mass is 178 g/mol. The third kappa shape index (κ3) is 3.07. The standard InChI is InChI=1S/C11H18N2/c1-9(12)7-10-5-4-6-11(8-10)13(2)3/h4-6,8-9H,7,12H2,1-3H3. The van der Waals surface area contributed by atoms with E-state index in [1.54, 1.807) is 0 Å². The zero-order valence-corrected chi connectivity index (χ0v) is 8.62. The minimum atomic E-state index is 0.234. The van der Waals surface area contributed by atoms with Crippen LogP contribution < -0.4 is 10.6 Å². The van der Waals surface area contributed by atoms with Gasteiger partial charge in [-0.05, 0) is 31.0 Å². The molecule has 0 aliphatic heterocycles. The predicted molar refractivity (Wildman–Crippen MR) is 58.1 cm³/mol. The molecule has 0 amide bonds. The number of hydrogen-bond acceptors (Lipinski definition) is 2. The second-order valence-electron chi connectivity index (χ2n) is 3.75. The highest BCUT2D eigenvalue weighted by Gasteiger charge is 1.99. The Morgan fingerprint density at radius 1 is 1.38 bits per heavy atom. The van der Waals surface area contributed by atoms with Crippen LogP contribution in [0.3, 0.4) is 0 Å². The summed E-state index contributed by atoms with van der Waals surface area (Å²) >= 11 is 0. The Bertz CT molecular complexity index is 267. The van der Waals surface area contributed by atoms with E-state index < -0.39 is 0 Å². The number of anilines is 1. The molecule has 2 nitrogen and oxygen atoms in total. The quantitative estimate of drug-likeness (QED) is 0.762. The molecule has 0 fully saturated rings. The van der Waals surface area contributed by atoms with Crippen molar-refractivity contribution < 1.29 is 0 Å². The Hall–Kier alpha value is -1.02. The van der Waals surface area contributed by atoms with Crippen LogP contribution in [0, 0.1) is 0 Å². The van der Waals surface area contributed by atoms with Gasteiger partial charge in [-0.3, -0.25) is 0 Å². The maximum Gasteiger partial charge on any atom is 0.0363 e. The van der Waals surface area contributed by atoms with E-state index in [-0.39, 0.29) is 6.04 Å². The molecule has 1 unspecified atom stereocenters. The highest BCUT2D eigenvalue weighted by Crippen LogP contribution is 2.14. The van der Waals surface area contributed by atoms with Gasteiger partial charge in [-0.15, -0.1) is 0 Å². The van der Waals surface area contributed by atoms with Gasteiger partial charge in [-0.1, -0.05) is 12.1 Å². The van der Waals surface area contributed by atoms with Crippen molar-refractivity contribution in [1.29, 1.82) is 0 Å². The van der Waals surface area contributed by atoms with Gasteiger partial charge in [-0.25, -0.2) is 0 Å². The van der Waals surface area contributed by atoms with Gasteiger partial charge < -0.3 is 10.6 Å². The Kier molecular flexibility index (Phi) is 3.32. The second-order valence-corrected chi connectivity index (χ2v) is 3.75. The fourth-order valence-corrected chi connectivity index (χ4v) is 1.33. The minimum absolute atomic E-state index is 0.234. The Morgan fingerprint density at radius 2 is 2.08 bits per heavy atom. The number of hydrogen-bond donors (Lipinski definition) is 1. The van der Waals surface area contributed by atoms with Crippen LogP contribution in [0.1, 0.15) is 12.5 Å². The van der Waals surface area contributed by atoms with Crippen LogP contribution in [0.25, 0.3) is 0 Å². The fourth-order valence-electron chi connectivity index (χ4n) is 1.33. The molecule has 0 saturated carbocycles. The molecule has 1 atom stereocenters. The summed E-state index contributed by atoms with van der Waals surface area (Å²) in [5, 5.41) is 0. The van der Waals surface area contributed by atoms with Crippen molar-refractivity contribution in [3.05, 3.63) is 29.8 Å². The lowest BCUT2D eigenvalue weighted by molar-refractivity contribution is 0.738.